The van der Waals surface area contributed by atoms with Crippen molar-refractivity contribution in [3.63, 3.8) is 0 Å². The average Bonchev–Trinajstić information content (AvgIpc) is 3.06. The molecule has 0 saturated carbocycles. The number of amides is 2. The fourth-order valence-corrected chi connectivity index (χ4v) is 2.40. The van der Waals surface area contributed by atoms with Crippen molar-refractivity contribution in [3.05, 3.63) is 52.4 Å². The van der Waals surface area contributed by atoms with E-state index in [4.69, 9.17) is 9.47 Å². The first-order valence-corrected chi connectivity index (χ1v) is 7.63. The molecule has 2 amide bonds. The molecule has 8 nitrogen and oxygen atoms in total. The number of hydrogen-bond acceptors (Lipinski definition) is 5. The van der Waals surface area contributed by atoms with Gasteiger partial charge in [0.25, 0.3) is 5.56 Å². The molecule has 8 heteroatoms. The van der Waals surface area contributed by atoms with Gasteiger partial charge in [-0.3, -0.25) is 14.4 Å². The van der Waals surface area contributed by atoms with Crippen LogP contribution in [0.2, 0.25) is 0 Å². The van der Waals surface area contributed by atoms with Crippen LogP contribution >= 0.6 is 0 Å². The zero-order valence-corrected chi connectivity index (χ0v) is 13.7. The molecule has 1 aromatic carbocycles. The number of ether oxygens (including phenoxy) is 2. The van der Waals surface area contributed by atoms with Crippen molar-refractivity contribution < 1.29 is 19.1 Å². The summed E-state index contributed by atoms with van der Waals surface area (Å²) in [6.07, 6.45) is 1.56. The van der Waals surface area contributed by atoms with Gasteiger partial charge in [-0.25, -0.2) is 0 Å². The lowest BCUT2D eigenvalue weighted by molar-refractivity contribution is -0.136. The molecule has 3 rings (SSSR count). The van der Waals surface area contributed by atoms with Gasteiger partial charge in [-0.2, -0.15) is 0 Å². The first kappa shape index (κ1) is 16.6. The Labute approximate surface area is 143 Å². The number of fused-ring (bicyclic) bond motifs is 1. The molecule has 0 saturated heterocycles. The van der Waals surface area contributed by atoms with E-state index >= 15 is 0 Å². The highest BCUT2D eigenvalue weighted by Crippen LogP contribution is 2.34. The lowest BCUT2D eigenvalue weighted by Crippen LogP contribution is -2.38. The zero-order valence-electron chi connectivity index (χ0n) is 13.7. The predicted octanol–water partition coefficient (Wildman–Crippen LogP) is 0.930. The summed E-state index contributed by atoms with van der Waals surface area (Å²) in [6, 6.07) is 7.89. The predicted molar refractivity (Wildman–Crippen MR) is 89.4 cm³/mol. The van der Waals surface area contributed by atoms with Crippen molar-refractivity contribution in [1.82, 2.24) is 9.88 Å². The molecule has 1 aliphatic heterocycles. The smallest absolute Gasteiger partial charge is 0.313 e. The Balaban J connectivity index is 1.66. The number of rotatable bonds is 3. The van der Waals surface area contributed by atoms with Crippen molar-refractivity contribution in [2.75, 3.05) is 12.1 Å². The molecule has 0 radical (unpaired) electrons. The number of nitrogens with one attached hydrogen (secondary N) is 2. The summed E-state index contributed by atoms with van der Waals surface area (Å²) in [6.45, 7) is 1.90. The highest BCUT2D eigenvalue weighted by molar-refractivity contribution is 6.39. The van der Waals surface area contributed by atoms with Gasteiger partial charge >= 0.3 is 11.8 Å². The first-order chi connectivity index (χ1) is 12.0. The summed E-state index contributed by atoms with van der Waals surface area (Å²) in [5.74, 6) is -0.511. The van der Waals surface area contributed by atoms with Crippen LogP contribution in [-0.2, 0) is 16.6 Å². The molecule has 0 bridgehead atoms. The molecule has 1 aliphatic rings. The van der Waals surface area contributed by atoms with Gasteiger partial charge in [-0.15, -0.1) is 0 Å². The van der Waals surface area contributed by atoms with E-state index < -0.39 is 23.4 Å². The van der Waals surface area contributed by atoms with Gasteiger partial charge in [-0.05, 0) is 36.8 Å². The SMILES string of the molecule is CC(NC(=O)C(=O)Nc1cccn(C)c1=O)c1ccc2c(c1)OCO2. The van der Waals surface area contributed by atoms with E-state index in [9.17, 15) is 14.4 Å². The molecule has 1 atom stereocenters. The van der Waals surface area contributed by atoms with Crippen LogP contribution in [0.4, 0.5) is 5.69 Å². The highest BCUT2D eigenvalue weighted by Gasteiger charge is 2.20. The number of nitrogens with zero attached hydrogens (tertiary/aromatic N) is 1. The van der Waals surface area contributed by atoms with Gasteiger partial charge in [-0.1, -0.05) is 6.07 Å². The summed E-state index contributed by atoms with van der Waals surface area (Å²) in [5, 5.41) is 4.91. The lowest BCUT2D eigenvalue weighted by atomic mass is 10.1. The quantitative estimate of drug-likeness (QED) is 0.808. The number of anilines is 1. The summed E-state index contributed by atoms with van der Waals surface area (Å²) >= 11 is 0. The standard InChI is InChI=1S/C17H17N3O5/c1-10(11-5-6-13-14(8-11)25-9-24-13)18-15(21)16(22)19-12-4-3-7-20(2)17(12)23/h3-8,10H,9H2,1-2H3,(H,18,21)(H,19,22). The second-order valence-electron chi connectivity index (χ2n) is 5.60. The van der Waals surface area contributed by atoms with E-state index in [2.05, 4.69) is 10.6 Å². The van der Waals surface area contributed by atoms with Gasteiger partial charge in [0.05, 0.1) is 6.04 Å². The number of benzene rings is 1. The Hall–Kier alpha value is -3.29. The van der Waals surface area contributed by atoms with Crippen LogP contribution in [0.3, 0.4) is 0 Å². The minimum atomic E-state index is -0.907. The van der Waals surface area contributed by atoms with Crippen LogP contribution < -0.4 is 25.7 Å². The number of hydrogen-bond donors (Lipinski definition) is 2. The molecule has 25 heavy (non-hydrogen) atoms. The van der Waals surface area contributed by atoms with Crippen molar-refractivity contribution in [3.8, 4) is 11.5 Å². The maximum Gasteiger partial charge on any atom is 0.313 e. The van der Waals surface area contributed by atoms with Crippen LogP contribution in [0.15, 0.2) is 41.3 Å². The molecule has 0 fully saturated rings. The second-order valence-corrected chi connectivity index (χ2v) is 5.60. The molecule has 1 unspecified atom stereocenters. The van der Waals surface area contributed by atoms with Crippen LogP contribution in [0.1, 0.15) is 18.5 Å². The fraction of sp³-hybridized carbons (Fsp3) is 0.235. The summed E-state index contributed by atoms with van der Waals surface area (Å²) in [7, 11) is 1.56. The number of aromatic nitrogens is 1. The second kappa shape index (κ2) is 6.68. The van der Waals surface area contributed by atoms with E-state index in [1.165, 1.54) is 10.6 Å². The van der Waals surface area contributed by atoms with Crippen LogP contribution in [0.5, 0.6) is 11.5 Å². The Morgan fingerprint density at radius 1 is 1.16 bits per heavy atom. The summed E-state index contributed by atoms with van der Waals surface area (Å²) < 4.78 is 11.8. The molecule has 2 heterocycles. The third-order valence-electron chi connectivity index (χ3n) is 3.82. The molecule has 0 aliphatic carbocycles. The molecule has 0 spiro atoms. The maximum atomic E-state index is 12.1. The molecule has 130 valence electrons. The van der Waals surface area contributed by atoms with Crippen LogP contribution in [-0.4, -0.2) is 23.2 Å². The van der Waals surface area contributed by atoms with E-state index in [1.54, 1.807) is 44.4 Å². The van der Waals surface area contributed by atoms with Crippen LogP contribution in [0, 0.1) is 0 Å². The van der Waals surface area contributed by atoms with E-state index in [-0.39, 0.29) is 12.5 Å². The minimum absolute atomic E-state index is 0.0425. The Morgan fingerprint density at radius 3 is 2.72 bits per heavy atom. The monoisotopic (exact) mass is 343 g/mol. The van der Waals surface area contributed by atoms with Gasteiger partial charge in [0, 0.05) is 13.2 Å². The van der Waals surface area contributed by atoms with E-state index in [1.807, 2.05) is 0 Å². The average molecular weight is 343 g/mol. The Bertz CT molecular complexity index is 890. The summed E-state index contributed by atoms with van der Waals surface area (Å²) in [5.41, 5.74) is 0.411. The molecule has 2 aromatic rings. The van der Waals surface area contributed by atoms with E-state index in [0.29, 0.717) is 11.5 Å². The van der Waals surface area contributed by atoms with Gasteiger partial charge in [0.2, 0.25) is 6.79 Å². The first-order valence-electron chi connectivity index (χ1n) is 7.63. The molecular weight excluding hydrogens is 326 g/mol. The minimum Gasteiger partial charge on any atom is -0.454 e. The largest absolute Gasteiger partial charge is 0.454 e. The third-order valence-corrected chi connectivity index (χ3v) is 3.82. The molecule has 2 N–H and O–H groups in total. The summed E-state index contributed by atoms with van der Waals surface area (Å²) in [4.78, 5) is 36.0. The highest BCUT2D eigenvalue weighted by atomic mass is 16.7. The zero-order chi connectivity index (χ0) is 18.0. The fourth-order valence-electron chi connectivity index (χ4n) is 2.40. The Kier molecular flexibility index (Phi) is 4.42. The van der Waals surface area contributed by atoms with Gasteiger partial charge in [0.1, 0.15) is 5.69 Å². The van der Waals surface area contributed by atoms with E-state index in [0.717, 1.165) is 5.56 Å². The number of pyridine rings is 1. The van der Waals surface area contributed by atoms with Gasteiger partial charge in [0.15, 0.2) is 11.5 Å². The van der Waals surface area contributed by atoms with Crippen molar-refractivity contribution in [1.29, 1.82) is 0 Å². The number of carbonyl (C=O) groups is 2. The third kappa shape index (κ3) is 3.47. The maximum absolute atomic E-state index is 12.1. The molecular formula is C17H17N3O5. The van der Waals surface area contributed by atoms with Crippen molar-refractivity contribution >= 4 is 17.5 Å². The lowest BCUT2D eigenvalue weighted by Gasteiger charge is -2.14. The van der Waals surface area contributed by atoms with Crippen LogP contribution in [0.25, 0.3) is 0 Å². The topological polar surface area (TPSA) is 98.7 Å². The van der Waals surface area contributed by atoms with Gasteiger partial charge < -0.3 is 24.7 Å². The van der Waals surface area contributed by atoms with Crippen molar-refractivity contribution in [2.24, 2.45) is 7.05 Å². The normalized spacial score (nSPS) is 13.2. The number of aryl methyl sites for hydroxylation is 1. The molecule has 1 aromatic heterocycles. The number of carbonyl (C=O) groups excluding carboxylic acids is 2. The van der Waals surface area contributed by atoms with Crippen molar-refractivity contribution in [2.45, 2.75) is 13.0 Å². The Morgan fingerprint density at radius 2 is 1.92 bits per heavy atom.